The van der Waals surface area contributed by atoms with Crippen molar-refractivity contribution in [3.05, 3.63) is 59.4 Å². The molecule has 2 aromatic carbocycles. The Morgan fingerprint density at radius 2 is 1.89 bits per heavy atom. The second-order valence-corrected chi connectivity index (χ2v) is 8.38. The molecular weight excluding hydrogens is 385 g/mol. The Hall–Kier alpha value is -2.78. The minimum atomic E-state index is -3.64. The topological polar surface area (TPSA) is 99.1 Å². The number of aromatic hydroxyl groups is 1. The molecule has 1 saturated heterocycles. The summed E-state index contributed by atoms with van der Waals surface area (Å²) in [5.74, 6) is -1.34. The van der Waals surface area contributed by atoms with Crippen molar-refractivity contribution in [1.82, 2.24) is 9.73 Å². The number of rotatable bonds is 5. The van der Waals surface area contributed by atoms with Crippen molar-refractivity contribution in [2.75, 3.05) is 13.1 Å². The first kappa shape index (κ1) is 20.0. The van der Waals surface area contributed by atoms with Crippen LogP contribution in [0.4, 0.5) is 4.39 Å². The molecule has 9 heteroatoms. The fourth-order valence-corrected chi connectivity index (χ4v) is 4.50. The molecule has 2 aromatic rings. The maximum Gasteiger partial charge on any atom is 0.271 e. The molecule has 1 amide bonds. The van der Waals surface area contributed by atoms with E-state index in [9.17, 15) is 22.7 Å². The Morgan fingerprint density at radius 1 is 1.18 bits per heavy atom. The van der Waals surface area contributed by atoms with Gasteiger partial charge in [0.05, 0.1) is 10.6 Å². The molecule has 0 aromatic heterocycles. The Balaban J connectivity index is 1.79. The second-order valence-electron chi connectivity index (χ2n) is 6.44. The van der Waals surface area contributed by atoms with E-state index < -0.39 is 21.7 Å². The molecule has 3 rings (SSSR count). The smallest absolute Gasteiger partial charge is 0.271 e. The lowest BCUT2D eigenvalue weighted by Gasteiger charge is -2.15. The molecule has 1 fully saturated rings. The van der Waals surface area contributed by atoms with Gasteiger partial charge in [0.2, 0.25) is 10.0 Å². The first-order valence-corrected chi connectivity index (χ1v) is 10.2. The largest absolute Gasteiger partial charge is 0.507 e. The zero-order chi connectivity index (χ0) is 20.3. The minimum absolute atomic E-state index is 0.0468. The monoisotopic (exact) mass is 405 g/mol. The summed E-state index contributed by atoms with van der Waals surface area (Å²) in [7, 11) is -3.64. The van der Waals surface area contributed by atoms with E-state index in [4.69, 9.17) is 0 Å². The maximum atomic E-state index is 13.3. The van der Waals surface area contributed by atoms with Crippen LogP contribution in [-0.4, -0.2) is 42.5 Å². The molecular formula is C19H20FN3O4S. The van der Waals surface area contributed by atoms with Gasteiger partial charge >= 0.3 is 0 Å². The molecule has 0 bridgehead atoms. The first-order chi connectivity index (χ1) is 13.3. The average Bonchev–Trinajstić information content (AvgIpc) is 3.23. The zero-order valence-electron chi connectivity index (χ0n) is 15.2. The summed E-state index contributed by atoms with van der Waals surface area (Å²) in [5, 5.41) is 13.7. The van der Waals surface area contributed by atoms with E-state index in [1.165, 1.54) is 41.6 Å². The van der Waals surface area contributed by atoms with Crippen LogP contribution in [0.5, 0.6) is 5.75 Å². The van der Waals surface area contributed by atoms with Crippen molar-refractivity contribution in [3.8, 4) is 5.75 Å². The van der Waals surface area contributed by atoms with E-state index in [0.29, 0.717) is 13.1 Å². The molecule has 0 spiro atoms. The number of sulfonamides is 1. The number of nitrogens with zero attached hydrogens (tertiary/aromatic N) is 2. The van der Waals surface area contributed by atoms with Crippen LogP contribution >= 0.6 is 0 Å². The number of halogens is 1. The third-order valence-electron chi connectivity index (χ3n) is 4.47. The van der Waals surface area contributed by atoms with Gasteiger partial charge < -0.3 is 5.11 Å². The Kier molecular flexibility index (Phi) is 5.76. The fourth-order valence-electron chi connectivity index (χ4n) is 2.93. The van der Waals surface area contributed by atoms with E-state index in [1.807, 2.05) is 0 Å². The second kappa shape index (κ2) is 8.07. The molecule has 2 N–H and O–H groups in total. The normalized spacial score (nSPS) is 15.6. The molecule has 0 atom stereocenters. The van der Waals surface area contributed by atoms with Crippen LogP contribution in [0.15, 0.2) is 52.5 Å². The highest BCUT2D eigenvalue weighted by Gasteiger charge is 2.27. The van der Waals surface area contributed by atoms with E-state index in [2.05, 4.69) is 10.5 Å². The number of hydrazone groups is 1. The third kappa shape index (κ3) is 4.20. The molecule has 28 heavy (non-hydrogen) atoms. The molecule has 1 aliphatic heterocycles. The van der Waals surface area contributed by atoms with Crippen LogP contribution in [0.25, 0.3) is 0 Å². The lowest BCUT2D eigenvalue weighted by Crippen LogP contribution is -2.28. The average molecular weight is 405 g/mol. The van der Waals surface area contributed by atoms with Gasteiger partial charge in [-0.25, -0.2) is 18.2 Å². The molecule has 148 valence electrons. The summed E-state index contributed by atoms with van der Waals surface area (Å²) in [4.78, 5) is 12.4. The Bertz CT molecular complexity index is 1030. The first-order valence-electron chi connectivity index (χ1n) is 8.73. The lowest BCUT2D eigenvalue weighted by molar-refractivity contribution is 0.0954. The van der Waals surface area contributed by atoms with Gasteiger partial charge in [0, 0.05) is 24.2 Å². The van der Waals surface area contributed by atoms with Gasteiger partial charge in [0.1, 0.15) is 11.6 Å². The summed E-state index contributed by atoms with van der Waals surface area (Å²) in [6.07, 6.45) is 1.64. The van der Waals surface area contributed by atoms with Crippen LogP contribution in [0, 0.1) is 5.82 Å². The Morgan fingerprint density at radius 3 is 2.61 bits per heavy atom. The SMILES string of the molecule is C/C(=N\NC(=O)c1cccc(S(=O)(=O)N2CCCC2)c1)c1cc(F)ccc1O. The van der Waals surface area contributed by atoms with Gasteiger partial charge in [-0.2, -0.15) is 9.41 Å². The highest BCUT2D eigenvalue weighted by Crippen LogP contribution is 2.22. The van der Waals surface area contributed by atoms with Crippen molar-refractivity contribution < 1.29 is 22.7 Å². The lowest BCUT2D eigenvalue weighted by atomic mass is 10.1. The van der Waals surface area contributed by atoms with Crippen molar-refractivity contribution >= 4 is 21.6 Å². The Labute approximate surface area is 162 Å². The number of hydrogen-bond donors (Lipinski definition) is 2. The molecule has 7 nitrogen and oxygen atoms in total. The highest BCUT2D eigenvalue weighted by atomic mass is 32.2. The number of phenolic OH excluding ortho intramolecular Hbond substituents is 1. The molecule has 1 aliphatic rings. The maximum absolute atomic E-state index is 13.3. The number of phenols is 1. The van der Waals surface area contributed by atoms with Gasteiger partial charge in [0.15, 0.2) is 0 Å². The van der Waals surface area contributed by atoms with Gasteiger partial charge in [-0.05, 0) is 56.2 Å². The standard InChI is InChI=1S/C19H20FN3O4S/c1-13(17-12-15(20)7-8-18(17)24)21-22-19(25)14-5-4-6-16(11-14)28(26,27)23-9-2-3-10-23/h4-8,11-12,24H,2-3,9-10H2,1H3,(H,22,25)/b21-13+. The third-order valence-corrected chi connectivity index (χ3v) is 6.37. The van der Waals surface area contributed by atoms with Crippen LogP contribution in [-0.2, 0) is 10.0 Å². The van der Waals surface area contributed by atoms with Crippen LogP contribution < -0.4 is 5.43 Å². The summed E-state index contributed by atoms with van der Waals surface area (Å²) in [6.45, 7) is 2.45. The molecule has 0 unspecified atom stereocenters. The van der Waals surface area contributed by atoms with E-state index in [1.54, 1.807) is 0 Å². The van der Waals surface area contributed by atoms with Crippen molar-refractivity contribution in [2.45, 2.75) is 24.7 Å². The van der Waals surface area contributed by atoms with Gasteiger partial charge in [-0.3, -0.25) is 4.79 Å². The zero-order valence-corrected chi connectivity index (χ0v) is 16.0. The molecule has 0 radical (unpaired) electrons. The van der Waals surface area contributed by atoms with Crippen molar-refractivity contribution in [2.24, 2.45) is 5.10 Å². The van der Waals surface area contributed by atoms with Crippen LogP contribution in [0.2, 0.25) is 0 Å². The van der Waals surface area contributed by atoms with Gasteiger partial charge in [0.25, 0.3) is 5.91 Å². The van der Waals surface area contributed by atoms with E-state index in [0.717, 1.165) is 25.0 Å². The quantitative estimate of drug-likeness (QED) is 0.590. The minimum Gasteiger partial charge on any atom is -0.507 e. The summed E-state index contributed by atoms with van der Waals surface area (Å²) >= 11 is 0. The highest BCUT2D eigenvalue weighted by molar-refractivity contribution is 7.89. The van der Waals surface area contributed by atoms with Crippen molar-refractivity contribution in [3.63, 3.8) is 0 Å². The number of nitrogens with one attached hydrogen (secondary N) is 1. The summed E-state index contributed by atoms with van der Waals surface area (Å²) < 4.78 is 40.0. The molecule has 1 heterocycles. The molecule has 0 saturated carbocycles. The van der Waals surface area contributed by atoms with E-state index in [-0.39, 0.29) is 27.5 Å². The predicted molar refractivity (Wildman–Crippen MR) is 102 cm³/mol. The van der Waals surface area contributed by atoms with E-state index >= 15 is 0 Å². The fraction of sp³-hybridized carbons (Fsp3) is 0.263. The van der Waals surface area contributed by atoms with Gasteiger partial charge in [-0.1, -0.05) is 6.07 Å². The predicted octanol–water partition coefficient (Wildman–Crippen LogP) is 2.47. The summed E-state index contributed by atoms with van der Waals surface area (Å²) in [5.41, 5.74) is 2.77. The number of benzene rings is 2. The number of amides is 1. The van der Waals surface area contributed by atoms with Crippen LogP contribution in [0.3, 0.4) is 0 Å². The van der Waals surface area contributed by atoms with Crippen molar-refractivity contribution in [1.29, 1.82) is 0 Å². The van der Waals surface area contributed by atoms with Gasteiger partial charge in [-0.15, -0.1) is 0 Å². The summed E-state index contributed by atoms with van der Waals surface area (Å²) in [6, 6.07) is 9.12. The molecule has 0 aliphatic carbocycles. The number of hydrogen-bond acceptors (Lipinski definition) is 5. The van der Waals surface area contributed by atoms with Crippen LogP contribution in [0.1, 0.15) is 35.7 Å². The number of carbonyl (C=O) groups excluding carboxylic acids is 1. The number of carbonyl (C=O) groups is 1.